The van der Waals surface area contributed by atoms with Crippen molar-refractivity contribution in [2.75, 3.05) is 0 Å². The van der Waals surface area contributed by atoms with Gasteiger partial charge in [-0.3, -0.25) is 4.79 Å². The lowest BCUT2D eigenvalue weighted by Crippen LogP contribution is -2.18. The minimum atomic E-state index is 0.296. The van der Waals surface area contributed by atoms with Gasteiger partial charge in [-0.2, -0.15) is 0 Å². The molecule has 0 spiro atoms. The van der Waals surface area contributed by atoms with Gasteiger partial charge in [-0.25, -0.2) is 0 Å². The topological polar surface area (TPSA) is 17.1 Å². The van der Waals surface area contributed by atoms with Crippen molar-refractivity contribution >= 4 is 6.29 Å². The second-order valence-electron chi connectivity index (χ2n) is 6.08. The molecule has 0 bridgehead atoms. The predicted octanol–water partition coefficient (Wildman–Crippen LogP) is 5.33. The first-order valence-corrected chi connectivity index (χ1v) is 7.31. The highest BCUT2D eigenvalue weighted by Gasteiger charge is 2.26. The Balaban J connectivity index is 2.71. The van der Waals surface area contributed by atoms with Crippen LogP contribution in [0.1, 0.15) is 47.0 Å². The van der Waals surface area contributed by atoms with E-state index in [4.69, 9.17) is 0 Å². The lowest BCUT2D eigenvalue weighted by Gasteiger charge is -2.32. The van der Waals surface area contributed by atoms with Crippen LogP contribution in [0.15, 0.2) is 59.3 Å². The number of rotatable bonds is 5. The van der Waals surface area contributed by atoms with Gasteiger partial charge in [0, 0.05) is 0 Å². The van der Waals surface area contributed by atoms with Crippen LogP contribution < -0.4 is 0 Å². The Morgan fingerprint density at radius 3 is 2.55 bits per heavy atom. The van der Waals surface area contributed by atoms with Crippen molar-refractivity contribution in [3.05, 3.63) is 59.3 Å². The zero-order valence-corrected chi connectivity index (χ0v) is 13.1. The van der Waals surface area contributed by atoms with Crippen LogP contribution in [0, 0.1) is 5.41 Å². The minimum absolute atomic E-state index is 0.296. The molecule has 0 aromatic heterocycles. The second kappa shape index (κ2) is 7.84. The molecular formula is C19H26O. The third-order valence-corrected chi connectivity index (χ3v) is 3.82. The molecule has 0 aliphatic heterocycles. The molecule has 0 radical (unpaired) electrons. The molecule has 0 saturated heterocycles. The standard InChI is InChI=1S/C19H26O/c1-16(11-7-8-15-20)10-5-6-13-18-17(2)12-9-14-19(18,3)4/h5-8,10-11,13,15H,9,12,14H2,1-4H3/b8-7+,10-5+,13-6+,16-11+. The number of carbonyl (C=O) groups is 1. The van der Waals surface area contributed by atoms with E-state index in [9.17, 15) is 4.79 Å². The third-order valence-electron chi connectivity index (χ3n) is 3.82. The van der Waals surface area contributed by atoms with E-state index in [1.54, 1.807) is 6.08 Å². The molecule has 0 atom stereocenters. The maximum absolute atomic E-state index is 10.2. The zero-order chi connectivity index (χ0) is 15.0. The molecule has 0 aromatic carbocycles. The van der Waals surface area contributed by atoms with E-state index in [0.717, 1.165) is 11.9 Å². The zero-order valence-electron chi connectivity index (χ0n) is 13.1. The smallest absolute Gasteiger partial charge is 0.142 e. The van der Waals surface area contributed by atoms with Gasteiger partial charge in [0.1, 0.15) is 6.29 Å². The maximum atomic E-state index is 10.2. The van der Waals surface area contributed by atoms with E-state index in [-0.39, 0.29) is 0 Å². The predicted molar refractivity (Wildman–Crippen MR) is 87.6 cm³/mol. The van der Waals surface area contributed by atoms with Gasteiger partial charge in [-0.05, 0) is 50.2 Å². The fraction of sp³-hybridized carbons (Fsp3) is 0.421. The SMILES string of the molecule is CC1=C(/C=C/C=C/C(C)=C/C=C/C=O)C(C)(C)CCC1. The fourth-order valence-electron chi connectivity index (χ4n) is 2.68. The van der Waals surface area contributed by atoms with Crippen LogP contribution >= 0.6 is 0 Å². The lowest BCUT2D eigenvalue weighted by atomic mass is 9.73. The molecule has 0 unspecified atom stereocenters. The third kappa shape index (κ3) is 5.16. The van der Waals surface area contributed by atoms with Gasteiger partial charge in [-0.15, -0.1) is 0 Å². The van der Waals surface area contributed by atoms with Crippen molar-refractivity contribution in [3.8, 4) is 0 Å². The highest BCUT2D eigenvalue weighted by molar-refractivity contribution is 5.65. The summed E-state index contributed by atoms with van der Waals surface area (Å²) in [6, 6.07) is 0. The van der Waals surface area contributed by atoms with Gasteiger partial charge in [0.2, 0.25) is 0 Å². The largest absolute Gasteiger partial charge is 0.299 e. The molecule has 108 valence electrons. The normalized spacial score (nSPS) is 20.5. The van der Waals surface area contributed by atoms with E-state index in [0.29, 0.717) is 5.41 Å². The van der Waals surface area contributed by atoms with Crippen LogP contribution in [0.2, 0.25) is 0 Å². The van der Waals surface area contributed by atoms with E-state index in [1.807, 2.05) is 13.0 Å². The molecule has 0 N–H and O–H groups in total. The second-order valence-corrected chi connectivity index (χ2v) is 6.08. The van der Waals surface area contributed by atoms with Crippen molar-refractivity contribution < 1.29 is 4.79 Å². The summed E-state index contributed by atoms with van der Waals surface area (Å²) in [4.78, 5) is 10.2. The van der Waals surface area contributed by atoms with Gasteiger partial charge in [0.15, 0.2) is 0 Å². The quantitative estimate of drug-likeness (QED) is 0.375. The fourth-order valence-corrected chi connectivity index (χ4v) is 2.68. The molecule has 1 aliphatic carbocycles. The molecule has 0 saturated carbocycles. The monoisotopic (exact) mass is 270 g/mol. The average Bonchev–Trinajstić information content (AvgIpc) is 2.37. The van der Waals surface area contributed by atoms with Crippen molar-refractivity contribution in [1.29, 1.82) is 0 Å². The van der Waals surface area contributed by atoms with Crippen LogP contribution in [-0.4, -0.2) is 6.29 Å². The molecule has 0 aromatic rings. The number of hydrogen-bond donors (Lipinski definition) is 0. The Hall–Kier alpha value is -1.63. The summed E-state index contributed by atoms with van der Waals surface area (Å²) >= 11 is 0. The van der Waals surface area contributed by atoms with E-state index < -0.39 is 0 Å². The van der Waals surface area contributed by atoms with Gasteiger partial charge < -0.3 is 0 Å². The molecular weight excluding hydrogens is 244 g/mol. The van der Waals surface area contributed by atoms with Gasteiger partial charge >= 0.3 is 0 Å². The Labute approximate surface area is 123 Å². The van der Waals surface area contributed by atoms with E-state index >= 15 is 0 Å². The van der Waals surface area contributed by atoms with Crippen LogP contribution in [0.25, 0.3) is 0 Å². The Kier molecular flexibility index (Phi) is 6.44. The Morgan fingerprint density at radius 1 is 1.15 bits per heavy atom. The highest BCUT2D eigenvalue weighted by Crippen LogP contribution is 2.40. The van der Waals surface area contributed by atoms with Crippen molar-refractivity contribution in [3.63, 3.8) is 0 Å². The van der Waals surface area contributed by atoms with Crippen molar-refractivity contribution in [1.82, 2.24) is 0 Å². The summed E-state index contributed by atoms with van der Waals surface area (Å²) in [5.41, 5.74) is 4.42. The van der Waals surface area contributed by atoms with Gasteiger partial charge in [-0.1, -0.05) is 61.4 Å². The first kappa shape index (κ1) is 16.4. The molecule has 1 rings (SSSR count). The number of aldehydes is 1. The molecule has 1 nitrogen and oxygen atoms in total. The van der Waals surface area contributed by atoms with E-state index in [2.05, 4.69) is 45.1 Å². The van der Waals surface area contributed by atoms with E-state index in [1.165, 1.54) is 36.5 Å². The lowest BCUT2D eigenvalue weighted by molar-refractivity contribution is -0.104. The van der Waals surface area contributed by atoms with Gasteiger partial charge in [0.05, 0.1) is 0 Å². The average molecular weight is 270 g/mol. The van der Waals surface area contributed by atoms with Crippen LogP contribution in [-0.2, 0) is 4.79 Å². The molecule has 0 amide bonds. The van der Waals surface area contributed by atoms with Crippen LogP contribution in [0.5, 0.6) is 0 Å². The Bertz CT molecular complexity index is 482. The summed E-state index contributed by atoms with van der Waals surface area (Å²) in [5, 5.41) is 0. The molecule has 20 heavy (non-hydrogen) atoms. The first-order chi connectivity index (χ1) is 9.47. The number of carbonyl (C=O) groups excluding carboxylic acids is 1. The summed E-state index contributed by atoms with van der Waals surface area (Å²) in [6.45, 7) is 8.93. The summed E-state index contributed by atoms with van der Waals surface area (Å²) in [7, 11) is 0. The minimum Gasteiger partial charge on any atom is -0.299 e. The van der Waals surface area contributed by atoms with Crippen molar-refractivity contribution in [2.24, 2.45) is 5.41 Å². The molecule has 0 fully saturated rings. The first-order valence-electron chi connectivity index (χ1n) is 7.31. The molecule has 1 heteroatoms. The highest BCUT2D eigenvalue weighted by atomic mass is 16.1. The summed E-state index contributed by atoms with van der Waals surface area (Å²) < 4.78 is 0. The Morgan fingerprint density at radius 2 is 1.90 bits per heavy atom. The summed E-state index contributed by atoms with van der Waals surface area (Å²) in [5.74, 6) is 0. The van der Waals surface area contributed by atoms with Gasteiger partial charge in [0.25, 0.3) is 0 Å². The number of allylic oxidation sites excluding steroid dienone is 10. The molecule has 0 heterocycles. The number of hydrogen-bond acceptors (Lipinski definition) is 1. The summed E-state index contributed by atoms with van der Waals surface area (Å²) in [6.07, 6.45) is 18.2. The van der Waals surface area contributed by atoms with Crippen molar-refractivity contribution in [2.45, 2.75) is 47.0 Å². The molecule has 1 aliphatic rings. The van der Waals surface area contributed by atoms with Crippen LogP contribution in [0.3, 0.4) is 0 Å². The maximum Gasteiger partial charge on any atom is 0.142 e. The van der Waals surface area contributed by atoms with Crippen LogP contribution in [0.4, 0.5) is 0 Å².